The third kappa shape index (κ3) is 4.91. The third-order valence-electron chi connectivity index (χ3n) is 3.49. The van der Waals surface area contributed by atoms with E-state index in [4.69, 9.17) is 0 Å². The van der Waals surface area contributed by atoms with Gasteiger partial charge in [-0.15, -0.1) is 0 Å². The molecule has 0 aliphatic rings. The molecule has 0 radical (unpaired) electrons. The van der Waals surface area contributed by atoms with Crippen LogP contribution >= 0.6 is 0 Å². The van der Waals surface area contributed by atoms with E-state index in [9.17, 15) is 0 Å². The molecule has 0 aromatic rings. The van der Waals surface area contributed by atoms with Crippen molar-refractivity contribution in [3.05, 3.63) is 35.5 Å². The normalized spacial score (nSPS) is 15.1. The molecule has 0 spiro atoms. The van der Waals surface area contributed by atoms with Crippen molar-refractivity contribution in [2.24, 2.45) is 0 Å². The average Bonchev–Trinajstić information content (AvgIpc) is 2.13. The van der Waals surface area contributed by atoms with E-state index in [2.05, 4.69) is 72.5 Å². The quantitative estimate of drug-likeness (QED) is 0.541. The van der Waals surface area contributed by atoms with Crippen molar-refractivity contribution >= 4 is 0 Å². The highest BCUT2D eigenvalue weighted by atomic mass is 15.0. The summed E-state index contributed by atoms with van der Waals surface area (Å²) in [5.41, 5.74) is 3.73. The Morgan fingerprint density at radius 1 is 0.941 bits per heavy atom. The number of hydrogen-bond acceptors (Lipinski definition) is 1. The highest BCUT2D eigenvalue weighted by molar-refractivity contribution is 5.27. The van der Waals surface area contributed by atoms with Crippen molar-refractivity contribution in [3.63, 3.8) is 0 Å². The van der Waals surface area contributed by atoms with Crippen LogP contribution in [-0.2, 0) is 0 Å². The lowest BCUT2D eigenvalue weighted by Crippen LogP contribution is -2.53. The van der Waals surface area contributed by atoms with E-state index in [1.165, 1.54) is 11.1 Å². The standard InChI is InChI=1S/C16H29N/c1-10-13(4)15(6,7)17-16(8,9)14(5)11-12(2)3/h10-11,17H,2H2,1,3-9H3/b13-10+,14-11+. The highest BCUT2D eigenvalue weighted by Crippen LogP contribution is 2.24. The fourth-order valence-corrected chi connectivity index (χ4v) is 1.89. The van der Waals surface area contributed by atoms with Gasteiger partial charge in [0.05, 0.1) is 0 Å². The van der Waals surface area contributed by atoms with Gasteiger partial charge in [0, 0.05) is 11.1 Å². The molecule has 1 N–H and O–H groups in total. The number of allylic oxidation sites excluding steroid dienone is 3. The van der Waals surface area contributed by atoms with E-state index in [0.717, 1.165) is 5.57 Å². The molecule has 98 valence electrons. The zero-order valence-electron chi connectivity index (χ0n) is 12.9. The van der Waals surface area contributed by atoms with E-state index < -0.39 is 0 Å². The largest absolute Gasteiger partial charge is 0.299 e. The number of nitrogens with one attached hydrogen (secondary N) is 1. The van der Waals surface area contributed by atoms with Crippen LogP contribution < -0.4 is 5.32 Å². The Hall–Kier alpha value is -0.820. The molecule has 0 saturated heterocycles. The zero-order chi connectivity index (χ0) is 13.9. The average molecular weight is 235 g/mol. The van der Waals surface area contributed by atoms with Crippen molar-refractivity contribution in [2.45, 2.75) is 66.5 Å². The van der Waals surface area contributed by atoms with Crippen molar-refractivity contribution in [3.8, 4) is 0 Å². The van der Waals surface area contributed by atoms with Crippen LogP contribution in [0.15, 0.2) is 35.5 Å². The van der Waals surface area contributed by atoms with Gasteiger partial charge in [0.1, 0.15) is 0 Å². The van der Waals surface area contributed by atoms with E-state index in [1.807, 2.05) is 6.92 Å². The van der Waals surface area contributed by atoms with Crippen LogP contribution in [0.4, 0.5) is 0 Å². The lowest BCUT2D eigenvalue weighted by Gasteiger charge is -2.39. The molecule has 0 aliphatic heterocycles. The van der Waals surface area contributed by atoms with E-state index in [1.54, 1.807) is 0 Å². The summed E-state index contributed by atoms with van der Waals surface area (Å²) in [5.74, 6) is 0. The molecule has 0 aromatic carbocycles. The molecular weight excluding hydrogens is 206 g/mol. The third-order valence-corrected chi connectivity index (χ3v) is 3.49. The van der Waals surface area contributed by atoms with Crippen LogP contribution in [0.2, 0.25) is 0 Å². The summed E-state index contributed by atoms with van der Waals surface area (Å²) < 4.78 is 0. The minimum atomic E-state index is -0.0350. The first-order chi connectivity index (χ1) is 7.53. The summed E-state index contributed by atoms with van der Waals surface area (Å²) in [7, 11) is 0. The minimum Gasteiger partial charge on any atom is -0.299 e. The van der Waals surface area contributed by atoms with Gasteiger partial charge in [-0.3, -0.25) is 5.32 Å². The molecule has 17 heavy (non-hydrogen) atoms. The minimum absolute atomic E-state index is 0.00241. The van der Waals surface area contributed by atoms with Crippen LogP contribution in [0.25, 0.3) is 0 Å². The Morgan fingerprint density at radius 2 is 1.35 bits per heavy atom. The van der Waals surface area contributed by atoms with Gasteiger partial charge in [0.25, 0.3) is 0 Å². The van der Waals surface area contributed by atoms with Crippen LogP contribution in [0.3, 0.4) is 0 Å². The molecule has 1 nitrogen and oxygen atoms in total. The zero-order valence-corrected chi connectivity index (χ0v) is 12.9. The summed E-state index contributed by atoms with van der Waals surface area (Å²) in [6.07, 6.45) is 4.31. The molecule has 0 atom stereocenters. The topological polar surface area (TPSA) is 12.0 Å². The van der Waals surface area contributed by atoms with Gasteiger partial charge in [0.2, 0.25) is 0 Å². The van der Waals surface area contributed by atoms with Crippen LogP contribution in [0, 0.1) is 0 Å². The Balaban J connectivity index is 5.06. The van der Waals surface area contributed by atoms with E-state index in [0.29, 0.717) is 0 Å². The maximum atomic E-state index is 3.94. The molecular formula is C16H29N. The Bertz CT molecular complexity index is 341. The molecule has 0 bridgehead atoms. The summed E-state index contributed by atoms with van der Waals surface area (Å²) in [5, 5.41) is 3.71. The summed E-state index contributed by atoms with van der Waals surface area (Å²) in [4.78, 5) is 0. The summed E-state index contributed by atoms with van der Waals surface area (Å²) in [6, 6.07) is 0. The first-order valence-electron chi connectivity index (χ1n) is 6.30. The number of rotatable bonds is 5. The predicted molar refractivity (Wildman–Crippen MR) is 79.3 cm³/mol. The second-order valence-electron chi connectivity index (χ2n) is 6.02. The first-order valence-corrected chi connectivity index (χ1v) is 6.30. The molecule has 0 unspecified atom stereocenters. The summed E-state index contributed by atoms with van der Waals surface area (Å²) in [6.45, 7) is 21.2. The summed E-state index contributed by atoms with van der Waals surface area (Å²) >= 11 is 0. The van der Waals surface area contributed by atoms with Crippen molar-refractivity contribution in [1.82, 2.24) is 5.32 Å². The lowest BCUT2D eigenvalue weighted by molar-refractivity contribution is 0.332. The smallest absolute Gasteiger partial charge is 0.0344 e. The Morgan fingerprint density at radius 3 is 1.71 bits per heavy atom. The van der Waals surface area contributed by atoms with E-state index >= 15 is 0 Å². The van der Waals surface area contributed by atoms with Gasteiger partial charge in [0.15, 0.2) is 0 Å². The van der Waals surface area contributed by atoms with Crippen molar-refractivity contribution < 1.29 is 0 Å². The molecule has 0 heterocycles. The van der Waals surface area contributed by atoms with Gasteiger partial charge in [-0.05, 0) is 55.4 Å². The van der Waals surface area contributed by atoms with Crippen molar-refractivity contribution in [1.29, 1.82) is 0 Å². The second kappa shape index (κ2) is 5.68. The fraction of sp³-hybridized carbons (Fsp3) is 0.625. The maximum Gasteiger partial charge on any atom is 0.0344 e. The lowest BCUT2D eigenvalue weighted by atomic mass is 9.86. The molecule has 0 aliphatic carbocycles. The monoisotopic (exact) mass is 235 g/mol. The SMILES string of the molecule is C=C(C)/C=C(\C)C(C)(C)NC(C)(C)/C(C)=C/C. The van der Waals surface area contributed by atoms with E-state index in [-0.39, 0.29) is 11.1 Å². The highest BCUT2D eigenvalue weighted by Gasteiger charge is 2.29. The Labute approximate surface area is 108 Å². The fourth-order valence-electron chi connectivity index (χ4n) is 1.89. The van der Waals surface area contributed by atoms with Crippen LogP contribution in [0.1, 0.15) is 55.4 Å². The van der Waals surface area contributed by atoms with Gasteiger partial charge in [-0.2, -0.15) is 0 Å². The van der Waals surface area contributed by atoms with Crippen LogP contribution in [0.5, 0.6) is 0 Å². The van der Waals surface area contributed by atoms with Crippen LogP contribution in [-0.4, -0.2) is 11.1 Å². The molecule has 0 saturated carbocycles. The van der Waals surface area contributed by atoms with Gasteiger partial charge in [-0.1, -0.05) is 35.5 Å². The molecule has 0 rings (SSSR count). The van der Waals surface area contributed by atoms with Crippen molar-refractivity contribution in [2.75, 3.05) is 0 Å². The van der Waals surface area contributed by atoms with Gasteiger partial charge in [-0.25, -0.2) is 0 Å². The number of hydrogen-bond donors (Lipinski definition) is 1. The molecule has 0 aromatic heterocycles. The second-order valence-corrected chi connectivity index (χ2v) is 6.02. The molecule has 1 heteroatoms. The molecule has 0 fully saturated rings. The first kappa shape index (κ1) is 16.2. The Kier molecular flexibility index (Phi) is 5.41. The van der Waals surface area contributed by atoms with Gasteiger partial charge < -0.3 is 0 Å². The maximum absolute atomic E-state index is 3.94. The predicted octanol–water partition coefficient (Wildman–Crippen LogP) is 4.62. The van der Waals surface area contributed by atoms with Gasteiger partial charge >= 0.3 is 0 Å². The molecule has 0 amide bonds.